The van der Waals surface area contributed by atoms with Crippen molar-refractivity contribution >= 4 is 57.4 Å². The number of carbonyl (C=O) groups excluding carboxylic acids is 2. The smallest absolute Gasteiger partial charge is 0.347 e. The van der Waals surface area contributed by atoms with Gasteiger partial charge in [-0.25, -0.2) is 14.0 Å². The van der Waals surface area contributed by atoms with E-state index in [-0.39, 0.29) is 23.8 Å². The Kier molecular flexibility index (Phi) is 8.95. The van der Waals surface area contributed by atoms with E-state index in [0.29, 0.717) is 33.8 Å². The number of nitrogens with zero attached hydrogens (tertiary/aromatic N) is 1. The van der Waals surface area contributed by atoms with E-state index in [1.165, 1.54) is 12.3 Å². The first-order valence-corrected chi connectivity index (χ1v) is 12.0. The van der Waals surface area contributed by atoms with Crippen molar-refractivity contribution in [2.45, 2.75) is 26.0 Å². The number of thioether (sulfide) groups is 1. The monoisotopic (exact) mass is 505 g/mol. The van der Waals surface area contributed by atoms with Gasteiger partial charge in [0.15, 0.2) is 5.57 Å². The average Bonchev–Trinajstić information content (AvgIpc) is 3.23. The fourth-order valence-electron chi connectivity index (χ4n) is 3.06. The van der Waals surface area contributed by atoms with Crippen LogP contribution in [0.1, 0.15) is 26.3 Å². The molecule has 0 amide bonds. The Morgan fingerprint density at radius 1 is 1.12 bits per heavy atom. The summed E-state index contributed by atoms with van der Waals surface area (Å²) in [5.74, 6) is -2.04. The Hall–Kier alpha value is -3.04. The van der Waals surface area contributed by atoms with Gasteiger partial charge in [-0.05, 0) is 50.2 Å². The lowest BCUT2D eigenvalue weighted by Gasteiger charge is -2.15. The van der Waals surface area contributed by atoms with Gasteiger partial charge in [0.1, 0.15) is 10.9 Å². The highest BCUT2D eigenvalue weighted by atomic mass is 35.5. The van der Waals surface area contributed by atoms with Crippen LogP contribution in [0.25, 0.3) is 0 Å². The summed E-state index contributed by atoms with van der Waals surface area (Å²) < 4.78 is 24.0. The molecular formula is C24H25ClFN3O4S. The summed E-state index contributed by atoms with van der Waals surface area (Å²) >= 11 is 7.84. The minimum Gasteiger partial charge on any atom is -0.462 e. The maximum absolute atomic E-state index is 14.2. The van der Waals surface area contributed by atoms with Gasteiger partial charge in [-0.15, -0.1) is 11.8 Å². The highest BCUT2D eigenvalue weighted by molar-refractivity contribution is 8.15. The number of carbonyl (C=O) groups is 2. The number of ether oxygens (including phenoxy) is 2. The molecule has 34 heavy (non-hydrogen) atoms. The first kappa shape index (κ1) is 25.6. The van der Waals surface area contributed by atoms with Crippen LogP contribution in [0.3, 0.4) is 0 Å². The molecule has 0 spiro atoms. The predicted octanol–water partition coefficient (Wildman–Crippen LogP) is 5.53. The standard InChI is InChI=1S/C24H25ClFN3O4S/c1-4-32-23(30)17(24(31)33-5-2)13-27-15-6-8-16(9-7-15)29-19-11-10-18(26)21(25)20(19)22-28-12-14(3)34-22/h6-11,13-14,27,29H,4-5,12H2,1-3H3. The summed E-state index contributed by atoms with van der Waals surface area (Å²) in [5, 5.41) is 7.19. The Balaban J connectivity index is 1.78. The van der Waals surface area contributed by atoms with Gasteiger partial charge in [0.05, 0.1) is 36.0 Å². The summed E-state index contributed by atoms with van der Waals surface area (Å²) in [6.07, 6.45) is 1.26. The van der Waals surface area contributed by atoms with E-state index in [4.69, 9.17) is 21.1 Å². The third kappa shape index (κ3) is 6.30. The zero-order valence-electron chi connectivity index (χ0n) is 19.0. The second kappa shape index (κ2) is 11.9. The van der Waals surface area contributed by atoms with Crippen molar-refractivity contribution in [3.8, 4) is 0 Å². The summed E-state index contributed by atoms with van der Waals surface area (Å²) in [4.78, 5) is 28.6. The molecule has 2 aromatic carbocycles. The van der Waals surface area contributed by atoms with E-state index in [9.17, 15) is 14.0 Å². The van der Waals surface area contributed by atoms with Gasteiger partial charge in [-0.2, -0.15) is 0 Å². The number of benzene rings is 2. The number of esters is 2. The highest BCUT2D eigenvalue weighted by Crippen LogP contribution is 2.36. The second-order valence-electron chi connectivity index (χ2n) is 7.20. The van der Waals surface area contributed by atoms with E-state index < -0.39 is 17.8 Å². The molecule has 2 aromatic rings. The lowest BCUT2D eigenvalue weighted by atomic mass is 10.1. The molecule has 0 aliphatic carbocycles. The third-order valence-corrected chi connectivity index (χ3v) is 6.13. The first-order chi connectivity index (χ1) is 16.3. The number of anilines is 3. The van der Waals surface area contributed by atoms with E-state index in [1.807, 2.05) is 0 Å². The van der Waals surface area contributed by atoms with Crippen molar-refractivity contribution in [3.05, 3.63) is 64.6 Å². The van der Waals surface area contributed by atoms with Gasteiger partial charge >= 0.3 is 11.9 Å². The highest BCUT2D eigenvalue weighted by Gasteiger charge is 2.24. The Morgan fingerprint density at radius 3 is 2.29 bits per heavy atom. The maximum Gasteiger partial charge on any atom is 0.347 e. The Bertz CT molecular complexity index is 1100. The molecule has 0 bridgehead atoms. The molecule has 1 unspecified atom stereocenters. The van der Waals surface area contributed by atoms with Crippen LogP contribution in [0.2, 0.25) is 5.02 Å². The number of hydrogen-bond acceptors (Lipinski definition) is 8. The molecule has 0 saturated carbocycles. The van der Waals surface area contributed by atoms with Crippen LogP contribution in [-0.2, 0) is 19.1 Å². The van der Waals surface area contributed by atoms with Gasteiger partial charge in [-0.3, -0.25) is 4.99 Å². The van der Waals surface area contributed by atoms with Crippen molar-refractivity contribution in [2.75, 3.05) is 30.4 Å². The third-order valence-electron chi connectivity index (χ3n) is 4.65. The predicted molar refractivity (Wildman–Crippen MR) is 135 cm³/mol. The minimum atomic E-state index is -0.769. The molecule has 0 aromatic heterocycles. The normalized spacial score (nSPS) is 14.7. The largest absolute Gasteiger partial charge is 0.462 e. The summed E-state index contributed by atoms with van der Waals surface area (Å²) in [6, 6.07) is 10.0. The second-order valence-corrected chi connectivity index (χ2v) is 9.01. The van der Waals surface area contributed by atoms with Gasteiger partial charge < -0.3 is 20.1 Å². The molecule has 0 radical (unpaired) electrons. The van der Waals surface area contributed by atoms with Crippen molar-refractivity contribution in [2.24, 2.45) is 4.99 Å². The van der Waals surface area contributed by atoms with Crippen molar-refractivity contribution in [1.29, 1.82) is 0 Å². The van der Waals surface area contributed by atoms with E-state index >= 15 is 0 Å². The zero-order valence-corrected chi connectivity index (χ0v) is 20.6. The van der Waals surface area contributed by atoms with Crippen LogP contribution >= 0.6 is 23.4 Å². The Morgan fingerprint density at radius 2 is 1.74 bits per heavy atom. The number of aliphatic imine (C=N–C) groups is 1. The number of nitrogens with one attached hydrogen (secondary N) is 2. The van der Waals surface area contributed by atoms with Crippen LogP contribution in [0.4, 0.5) is 21.5 Å². The molecule has 2 N–H and O–H groups in total. The fraction of sp³-hybridized carbons (Fsp3) is 0.292. The number of hydrogen-bond donors (Lipinski definition) is 2. The SMILES string of the molecule is CCOC(=O)C(=CNc1ccc(Nc2ccc(F)c(Cl)c2C2=NCC(C)S2)cc1)C(=O)OCC. The molecule has 3 rings (SSSR count). The lowest BCUT2D eigenvalue weighted by molar-refractivity contribution is -0.146. The van der Waals surface area contributed by atoms with Crippen molar-refractivity contribution < 1.29 is 23.5 Å². The molecule has 1 atom stereocenters. The number of rotatable bonds is 9. The van der Waals surface area contributed by atoms with E-state index in [0.717, 1.165) is 5.69 Å². The summed E-state index contributed by atoms with van der Waals surface area (Å²) in [6.45, 7) is 6.28. The molecule has 7 nitrogen and oxygen atoms in total. The topological polar surface area (TPSA) is 89.0 Å². The van der Waals surface area contributed by atoms with Crippen molar-refractivity contribution in [3.63, 3.8) is 0 Å². The molecule has 0 fully saturated rings. The molecule has 180 valence electrons. The zero-order chi connectivity index (χ0) is 24.7. The van der Waals surface area contributed by atoms with E-state index in [2.05, 4.69) is 22.5 Å². The fourth-order valence-corrected chi connectivity index (χ4v) is 4.38. The molecule has 10 heteroatoms. The minimum absolute atomic E-state index is 0.0271. The van der Waals surface area contributed by atoms with Gasteiger partial charge in [-0.1, -0.05) is 18.5 Å². The maximum atomic E-state index is 14.2. The Labute approximate surface area is 206 Å². The van der Waals surface area contributed by atoms with Crippen LogP contribution in [0, 0.1) is 5.82 Å². The van der Waals surface area contributed by atoms with Gasteiger partial charge in [0.25, 0.3) is 0 Å². The lowest BCUT2D eigenvalue weighted by Crippen LogP contribution is -2.19. The van der Waals surface area contributed by atoms with Gasteiger partial charge in [0.2, 0.25) is 0 Å². The molecular weight excluding hydrogens is 481 g/mol. The van der Waals surface area contributed by atoms with Crippen molar-refractivity contribution in [1.82, 2.24) is 0 Å². The summed E-state index contributed by atoms with van der Waals surface area (Å²) in [7, 11) is 0. The van der Waals surface area contributed by atoms with Crippen LogP contribution in [0.15, 0.2) is 53.2 Å². The summed E-state index contributed by atoms with van der Waals surface area (Å²) in [5.41, 5.74) is 2.29. The molecule has 1 aliphatic heterocycles. The number of halogens is 2. The molecule has 1 aliphatic rings. The average molecular weight is 506 g/mol. The van der Waals surface area contributed by atoms with Crippen LogP contribution in [-0.4, -0.2) is 42.0 Å². The quantitative estimate of drug-likeness (QED) is 0.200. The first-order valence-electron chi connectivity index (χ1n) is 10.7. The molecule has 0 saturated heterocycles. The van der Waals surface area contributed by atoms with Crippen LogP contribution in [0.5, 0.6) is 0 Å². The van der Waals surface area contributed by atoms with Gasteiger partial charge in [0, 0.05) is 22.8 Å². The van der Waals surface area contributed by atoms with E-state index in [1.54, 1.807) is 55.9 Å². The molecule has 1 heterocycles. The van der Waals surface area contributed by atoms with Crippen LogP contribution < -0.4 is 10.6 Å².